The van der Waals surface area contributed by atoms with E-state index >= 15 is 0 Å². The van der Waals surface area contributed by atoms with E-state index in [-0.39, 0.29) is 12.5 Å². The lowest BCUT2D eigenvalue weighted by atomic mass is 10.1. The fourth-order valence-corrected chi connectivity index (χ4v) is 2.04. The highest BCUT2D eigenvalue weighted by Crippen LogP contribution is 2.20. The SMILES string of the molecule is COc1ccc(CN2CCOCC2=O)cc1C#CCN. The molecular weight excluding hydrogens is 256 g/mol. The summed E-state index contributed by atoms with van der Waals surface area (Å²) < 4.78 is 10.4. The van der Waals surface area contributed by atoms with Crippen LogP contribution in [0.1, 0.15) is 11.1 Å². The Kier molecular flexibility index (Phi) is 4.99. The zero-order valence-corrected chi connectivity index (χ0v) is 11.5. The average Bonchev–Trinajstić information content (AvgIpc) is 2.47. The second-order valence-electron chi connectivity index (χ2n) is 4.41. The van der Waals surface area contributed by atoms with Gasteiger partial charge in [0.25, 0.3) is 0 Å². The quantitative estimate of drug-likeness (QED) is 0.809. The van der Waals surface area contributed by atoms with Crippen LogP contribution in [-0.4, -0.2) is 44.2 Å². The first-order chi connectivity index (χ1) is 9.74. The number of nitrogens with zero attached hydrogens (tertiary/aromatic N) is 1. The third kappa shape index (κ3) is 3.50. The molecule has 0 spiro atoms. The molecule has 1 amide bonds. The molecule has 1 aliphatic rings. The first kappa shape index (κ1) is 14.4. The zero-order valence-electron chi connectivity index (χ0n) is 11.5. The van der Waals surface area contributed by atoms with Gasteiger partial charge in [0.1, 0.15) is 12.4 Å². The second-order valence-corrected chi connectivity index (χ2v) is 4.41. The average molecular weight is 274 g/mol. The van der Waals surface area contributed by atoms with E-state index in [9.17, 15) is 4.79 Å². The Balaban J connectivity index is 2.17. The van der Waals surface area contributed by atoms with E-state index in [0.717, 1.165) is 11.1 Å². The number of hydrogen-bond donors (Lipinski definition) is 1. The van der Waals surface area contributed by atoms with Crippen molar-refractivity contribution in [3.05, 3.63) is 29.3 Å². The molecule has 1 saturated heterocycles. The molecule has 1 aliphatic heterocycles. The van der Waals surface area contributed by atoms with Crippen LogP contribution in [0.15, 0.2) is 18.2 Å². The first-order valence-corrected chi connectivity index (χ1v) is 6.46. The minimum Gasteiger partial charge on any atom is -0.495 e. The van der Waals surface area contributed by atoms with Crippen LogP contribution in [0.3, 0.4) is 0 Å². The Bertz CT molecular complexity index is 546. The highest BCUT2D eigenvalue weighted by molar-refractivity contribution is 5.78. The van der Waals surface area contributed by atoms with Crippen molar-refractivity contribution in [3.63, 3.8) is 0 Å². The number of ether oxygens (including phenoxy) is 2. The molecule has 1 aromatic carbocycles. The normalized spacial score (nSPS) is 14.7. The summed E-state index contributed by atoms with van der Waals surface area (Å²) in [7, 11) is 1.61. The van der Waals surface area contributed by atoms with Crippen LogP contribution in [0, 0.1) is 11.8 Å². The molecule has 106 valence electrons. The Labute approximate surface area is 118 Å². The van der Waals surface area contributed by atoms with Crippen molar-refractivity contribution >= 4 is 5.91 Å². The van der Waals surface area contributed by atoms with Gasteiger partial charge < -0.3 is 20.1 Å². The number of amides is 1. The van der Waals surface area contributed by atoms with Crippen LogP contribution < -0.4 is 10.5 Å². The van der Waals surface area contributed by atoms with Gasteiger partial charge in [-0.15, -0.1) is 0 Å². The minimum atomic E-state index is 0.0154. The highest BCUT2D eigenvalue weighted by atomic mass is 16.5. The fraction of sp³-hybridized carbons (Fsp3) is 0.400. The molecule has 0 aromatic heterocycles. The lowest BCUT2D eigenvalue weighted by Crippen LogP contribution is -2.40. The smallest absolute Gasteiger partial charge is 0.248 e. The predicted molar refractivity (Wildman–Crippen MR) is 75.2 cm³/mol. The van der Waals surface area contributed by atoms with E-state index in [1.165, 1.54) is 0 Å². The second kappa shape index (κ2) is 6.94. The molecule has 2 rings (SSSR count). The van der Waals surface area contributed by atoms with Crippen LogP contribution in [0.5, 0.6) is 5.75 Å². The van der Waals surface area contributed by atoms with Crippen LogP contribution in [0.25, 0.3) is 0 Å². The molecule has 1 heterocycles. The number of carbonyl (C=O) groups is 1. The standard InChI is InChI=1S/C15H18N2O3/c1-19-14-5-4-12(9-13(14)3-2-6-16)10-17-7-8-20-11-15(17)18/h4-5,9H,6-8,10-11,16H2,1H3. The van der Waals surface area contributed by atoms with Gasteiger partial charge in [0.15, 0.2) is 0 Å². The number of hydrogen-bond acceptors (Lipinski definition) is 4. The fourth-order valence-electron chi connectivity index (χ4n) is 2.04. The first-order valence-electron chi connectivity index (χ1n) is 6.46. The number of methoxy groups -OCH3 is 1. The summed E-state index contributed by atoms with van der Waals surface area (Å²) >= 11 is 0. The summed E-state index contributed by atoms with van der Waals surface area (Å²) in [5.41, 5.74) is 7.20. The third-order valence-corrected chi connectivity index (χ3v) is 3.05. The maximum absolute atomic E-state index is 11.7. The summed E-state index contributed by atoms with van der Waals surface area (Å²) in [5.74, 6) is 6.53. The predicted octanol–water partition coefficient (Wildman–Crippen LogP) is 0.364. The van der Waals surface area contributed by atoms with E-state index < -0.39 is 0 Å². The lowest BCUT2D eigenvalue weighted by molar-refractivity contribution is -0.143. The maximum atomic E-state index is 11.7. The molecular formula is C15H18N2O3. The number of morpholine rings is 1. The number of carbonyl (C=O) groups excluding carboxylic acids is 1. The molecule has 0 unspecified atom stereocenters. The Morgan fingerprint density at radius 3 is 3.05 bits per heavy atom. The van der Waals surface area contributed by atoms with Gasteiger partial charge in [-0.05, 0) is 17.7 Å². The molecule has 1 fully saturated rings. The maximum Gasteiger partial charge on any atom is 0.248 e. The number of benzene rings is 1. The van der Waals surface area contributed by atoms with E-state index in [4.69, 9.17) is 15.2 Å². The monoisotopic (exact) mass is 274 g/mol. The summed E-state index contributed by atoms with van der Waals surface area (Å²) in [6, 6.07) is 5.74. The van der Waals surface area contributed by atoms with Gasteiger partial charge in [-0.1, -0.05) is 17.9 Å². The lowest BCUT2D eigenvalue weighted by Gasteiger charge is -2.27. The van der Waals surface area contributed by atoms with Crippen molar-refractivity contribution in [2.24, 2.45) is 5.73 Å². The van der Waals surface area contributed by atoms with Gasteiger partial charge in [0, 0.05) is 13.1 Å². The van der Waals surface area contributed by atoms with Gasteiger partial charge >= 0.3 is 0 Å². The van der Waals surface area contributed by atoms with Gasteiger partial charge in [-0.2, -0.15) is 0 Å². The van der Waals surface area contributed by atoms with Gasteiger partial charge in [0.05, 0.1) is 25.8 Å². The molecule has 0 atom stereocenters. The molecule has 0 aliphatic carbocycles. The van der Waals surface area contributed by atoms with E-state index in [1.54, 1.807) is 12.0 Å². The molecule has 2 N–H and O–H groups in total. The van der Waals surface area contributed by atoms with Crippen molar-refractivity contribution < 1.29 is 14.3 Å². The van der Waals surface area contributed by atoms with Gasteiger partial charge in [0.2, 0.25) is 5.91 Å². The Hall–Kier alpha value is -2.03. The van der Waals surface area contributed by atoms with E-state index in [2.05, 4.69) is 11.8 Å². The van der Waals surface area contributed by atoms with Crippen LogP contribution in [0.2, 0.25) is 0 Å². The van der Waals surface area contributed by atoms with Crippen LogP contribution in [-0.2, 0) is 16.1 Å². The van der Waals surface area contributed by atoms with Crippen molar-refractivity contribution in [3.8, 4) is 17.6 Å². The molecule has 5 heteroatoms. The number of nitrogens with two attached hydrogens (primary N) is 1. The summed E-state index contributed by atoms with van der Waals surface area (Å²) in [6.07, 6.45) is 0. The van der Waals surface area contributed by atoms with Crippen molar-refractivity contribution in [2.45, 2.75) is 6.54 Å². The molecule has 20 heavy (non-hydrogen) atoms. The van der Waals surface area contributed by atoms with E-state index in [0.29, 0.717) is 32.0 Å². The van der Waals surface area contributed by atoms with Crippen LogP contribution in [0.4, 0.5) is 0 Å². The Morgan fingerprint density at radius 2 is 2.35 bits per heavy atom. The van der Waals surface area contributed by atoms with Gasteiger partial charge in [-0.25, -0.2) is 0 Å². The molecule has 0 bridgehead atoms. The largest absolute Gasteiger partial charge is 0.495 e. The summed E-state index contributed by atoms with van der Waals surface area (Å²) in [6.45, 7) is 2.23. The molecule has 0 radical (unpaired) electrons. The number of rotatable bonds is 3. The highest BCUT2D eigenvalue weighted by Gasteiger charge is 2.18. The molecule has 5 nitrogen and oxygen atoms in total. The third-order valence-electron chi connectivity index (χ3n) is 3.05. The van der Waals surface area contributed by atoms with Crippen molar-refractivity contribution in [1.29, 1.82) is 0 Å². The minimum absolute atomic E-state index is 0.0154. The topological polar surface area (TPSA) is 64.8 Å². The summed E-state index contributed by atoms with van der Waals surface area (Å²) in [5, 5.41) is 0. The van der Waals surface area contributed by atoms with E-state index in [1.807, 2.05) is 18.2 Å². The van der Waals surface area contributed by atoms with Gasteiger partial charge in [-0.3, -0.25) is 4.79 Å². The zero-order chi connectivity index (χ0) is 14.4. The molecule has 0 saturated carbocycles. The summed E-state index contributed by atoms with van der Waals surface area (Å²) in [4.78, 5) is 13.5. The van der Waals surface area contributed by atoms with Crippen LogP contribution >= 0.6 is 0 Å². The molecule has 1 aromatic rings. The van der Waals surface area contributed by atoms with Crippen molar-refractivity contribution in [1.82, 2.24) is 4.90 Å². The Morgan fingerprint density at radius 1 is 1.50 bits per heavy atom. The van der Waals surface area contributed by atoms with Crippen molar-refractivity contribution in [2.75, 3.05) is 33.4 Å².